The first-order chi connectivity index (χ1) is 9.89. The predicted molar refractivity (Wildman–Crippen MR) is 78.5 cm³/mol. The van der Waals surface area contributed by atoms with Crippen LogP contribution in [0.15, 0.2) is 42.5 Å². The minimum absolute atomic E-state index is 0.0748. The van der Waals surface area contributed by atoms with E-state index < -0.39 is 15.8 Å². The summed E-state index contributed by atoms with van der Waals surface area (Å²) in [6, 6.07) is 12.4. The highest BCUT2D eigenvalue weighted by molar-refractivity contribution is 7.91. The quantitative estimate of drug-likeness (QED) is 0.944. The normalized spacial score (nSPS) is 10.9. The second kappa shape index (κ2) is 5.94. The highest BCUT2D eigenvalue weighted by Crippen LogP contribution is 2.18. The Morgan fingerprint density at radius 3 is 2.43 bits per heavy atom. The van der Waals surface area contributed by atoms with Crippen LogP contribution < -0.4 is 4.72 Å². The first-order valence-corrected chi connectivity index (χ1v) is 7.80. The smallest absolute Gasteiger partial charge is 0.237 e. The van der Waals surface area contributed by atoms with E-state index in [1.807, 2.05) is 6.07 Å². The first kappa shape index (κ1) is 15.0. The van der Waals surface area contributed by atoms with Crippen molar-refractivity contribution in [3.8, 4) is 6.07 Å². The van der Waals surface area contributed by atoms with E-state index in [1.54, 1.807) is 25.1 Å². The molecule has 0 unspecified atom stereocenters. The Hall–Kier alpha value is -2.39. The number of aryl methyl sites for hydroxylation is 1. The molecule has 0 spiro atoms. The second-order valence-electron chi connectivity index (χ2n) is 4.65. The van der Waals surface area contributed by atoms with Crippen molar-refractivity contribution in [2.75, 3.05) is 4.72 Å². The maximum atomic E-state index is 13.7. The molecule has 0 aromatic heterocycles. The van der Waals surface area contributed by atoms with Gasteiger partial charge in [0.15, 0.2) is 0 Å². The summed E-state index contributed by atoms with van der Waals surface area (Å²) in [5.41, 5.74) is 1.61. The summed E-state index contributed by atoms with van der Waals surface area (Å²) in [7, 11) is -3.72. The Morgan fingerprint density at radius 1 is 1.19 bits per heavy atom. The Balaban J connectivity index is 2.16. The van der Waals surface area contributed by atoms with Crippen molar-refractivity contribution in [3.63, 3.8) is 0 Å². The van der Waals surface area contributed by atoms with Gasteiger partial charge in [-0.3, -0.25) is 4.72 Å². The lowest BCUT2D eigenvalue weighted by atomic mass is 10.2. The molecular weight excluding hydrogens is 291 g/mol. The number of hydrogen-bond donors (Lipinski definition) is 1. The van der Waals surface area contributed by atoms with Gasteiger partial charge in [-0.1, -0.05) is 18.2 Å². The number of benzene rings is 2. The van der Waals surface area contributed by atoms with E-state index >= 15 is 0 Å². The average Bonchev–Trinajstić information content (AvgIpc) is 2.42. The van der Waals surface area contributed by atoms with Crippen molar-refractivity contribution in [2.24, 2.45) is 0 Å². The van der Waals surface area contributed by atoms with E-state index in [2.05, 4.69) is 4.72 Å². The van der Waals surface area contributed by atoms with E-state index in [4.69, 9.17) is 5.26 Å². The molecule has 0 saturated heterocycles. The fourth-order valence-electron chi connectivity index (χ4n) is 1.80. The molecule has 0 atom stereocenters. The van der Waals surface area contributed by atoms with Crippen molar-refractivity contribution < 1.29 is 12.8 Å². The van der Waals surface area contributed by atoms with Crippen LogP contribution in [0.4, 0.5) is 10.1 Å². The molecule has 2 rings (SSSR count). The lowest BCUT2D eigenvalue weighted by Crippen LogP contribution is -2.16. The second-order valence-corrected chi connectivity index (χ2v) is 6.38. The van der Waals surface area contributed by atoms with Crippen molar-refractivity contribution in [2.45, 2.75) is 12.7 Å². The molecule has 0 bridgehead atoms. The topological polar surface area (TPSA) is 70.0 Å². The lowest BCUT2D eigenvalue weighted by molar-refractivity contribution is 0.597. The van der Waals surface area contributed by atoms with E-state index in [1.165, 1.54) is 24.3 Å². The Labute approximate surface area is 122 Å². The molecule has 108 valence electrons. The number of halogens is 1. The number of nitrogens with one attached hydrogen (secondary N) is 1. The summed E-state index contributed by atoms with van der Waals surface area (Å²) in [6.07, 6.45) is 0. The zero-order valence-corrected chi connectivity index (χ0v) is 12.1. The van der Waals surface area contributed by atoms with Crippen LogP contribution in [0, 0.1) is 24.1 Å². The van der Waals surface area contributed by atoms with Gasteiger partial charge in [-0.05, 0) is 42.3 Å². The van der Waals surface area contributed by atoms with E-state index in [9.17, 15) is 12.8 Å². The fraction of sp³-hybridized carbons (Fsp3) is 0.133. The SMILES string of the molecule is Cc1ccc(NS(=O)(=O)Cc2ccc(C#N)cc2)c(F)c1. The Kier molecular flexibility index (Phi) is 4.24. The summed E-state index contributed by atoms with van der Waals surface area (Å²) in [5, 5.41) is 8.69. The van der Waals surface area contributed by atoms with Gasteiger partial charge in [-0.25, -0.2) is 12.8 Å². The molecule has 2 aromatic carbocycles. The molecule has 1 N–H and O–H groups in total. The molecule has 2 aromatic rings. The van der Waals surface area contributed by atoms with Crippen molar-refractivity contribution in [1.82, 2.24) is 0 Å². The van der Waals surface area contributed by atoms with Crippen molar-refractivity contribution in [1.29, 1.82) is 5.26 Å². The molecule has 6 heteroatoms. The maximum Gasteiger partial charge on any atom is 0.237 e. The third kappa shape index (κ3) is 4.04. The summed E-state index contributed by atoms with van der Waals surface area (Å²) in [4.78, 5) is 0. The highest BCUT2D eigenvalue weighted by Gasteiger charge is 2.14. The molecule has 0 fully saturated rings. The van der Waals surface area contributed by atoms with Crippen LogP contribution in [-0.2, 0) is 15.8 Å². The number of hydrogen-bond acceptors (Lipinski definition) is 3. The Bertz CT molecular complexity index is 793. The van der Waals surface area contributed by atoms with Gasteiger partial charge in [0, 0.05) is 0 Å². The minimum atomic E-state index is -3.72. The average molecular weight is 304 g/mol. The summed E-state index contributed by atoms with van der Waals surface area (Å²) < 4.78 is 39.9. The largest absolute Gasteiger partial charge is 0.280 e. The number of anilines is 1. The molecule has 0 aliphatic rings. The molecule has 0 radical (unpaired) electrons. The van der Waals surface area contributed by atoms with Crippen LogP contribution in [-0.4, -0.2) is 8.42 Å². The first-order valence-electron chi connectivity index (χ1n) is 6.15. The predicted octanol–water partition coefficient (Wildman–Crippen LogP) is 2.95. The van der Waals surface area contributed by atoms with Crippen LogP contribution in [0.1, 0.15) is 16.7 Å². The molecular formula is C15H13FN2O2S. The minimum Gasteiger partial charge on any atom is -0.280 e. The molecule has 0 amide bonds. The molecule has 0 saturated carbocycles. The van der Waals surface area contributed by atoms with E-state index in [0.717, 1.165) is 0 Å². The zero-order chi connectivity index (χ0) is 15.5. The van der Waals surface area contributed by atoms with Crippen LogP contribution in [0.3, 0.4) is 0 Å². The van der Waals surface area contributed by atoms with Gasteiger partial charge in [-0.15, -0.1) is 0 Å². The van der Waals surface area contributed by atoms with E-state index in [-0.39, 0.29) is 11.4 Å². The zero-order valence-electron chi connectivity index (χ0n) is 11.3. The summed E-state index contributed by atoms with van der Waals surface area (Å²) in [6.45, 7) is 1.72. The van der Waals surface area contributed by atoms with Crippen LogP contribution >= 0.6 is 0 Å². The van der Waals surface area contributed by atoms with Gasteiger partial charge in [0.25, 0.3) is 0 Å². The number of nitrogens with zero attached hydrogens (tertiary/aromatic N) is 1. The maximum absolute atomic E-state index is 13.7. The summed E-state index contributed by atoms with van der Waals surface area (Å²) >= 11 is 0. The fourth-order valence-corrected chi connectivity index (χ4v) is 3.01. The molecule has 0 heterocycles. The van der Waals surface area contributed by atoms with Gasteiger partial charge >= 0.3 is 0 Å². The van der Waals surface area contributed by atoms with E-state index in [0.29, 0.717) is 16.7 Å². The van der Waals surface area contributed by atoms with Gasteiger partial charge in [-0.2, -0.15) is 5.26 Å². The number of rotatable bonds is 4. The standard InChI is InChI=1S/C15H13FN2O2S/c1-11-2-7-15(14(16)8-11)18-21(19,20)10-13-5-3-12(9-17)4-6-13/h2-8,18H,10H2,1H3. The van der Waals surface area contributed by atoms with Crippen molar-refractivity contribution >= 4 is 15.7 Å². The highest BCUT2D eigenvalue weighted by atomic mass is 32.2. The third-order valence-corrected chi connectivity index (χ3v) is 4.07. The van der Waals surface area contributed by atoms with Crippen molar-refractivity contribution in [3.05, 3.63) is 65.0 Å². The van der Waals surface area contributed by atoms with Gasteiger partial charge < -0.3 is 0 Å². The van der Waals surface area contributed by atoms with Gasteiger partial charge in [0.1, 0.15) is 5.82 Å². The molecule has 0 aliphatic carbocycles. The Morgan fingerprint density at radius 2 is 1.86 bits per heavy atom. The molecule has 0 aliphatic heterocycles. The lowest BCUT2D eigenvalue weighted by Gasteiger charge is -2.09. The molecule has 4 nitrogen and oxygen atoms in total. The number of nitriles is 1. The van der Waals surface area contributed by atoms with Gasteiger partial charge in [0.2, 0.25) is 10.0 Å². The third-order valence-electron chi connectivity index (χ3n) is 2.83. The van der Waals surface area contributed by atoms with Crippen LogP contribution in [0.2, 0.25) is 0 Å². The monoisotopic (exact) mass is 304 g/mol. The summed E-state index contributed by atoms with van der Waals surface area (Å²) in [5.74, 6) is -0.898. The van der Waals surface area contributed by atoms with Crippen LogP contribution in [0.5, 0.6) is 0 Å². The number of sulfonamides is 1. The van der Waals surface area contributed by atoms with Crippen LogP contribution in [0.25, 0.3) is 0 Å². The molecule has 21 heavy (non-hydrogen) atoms. The van der Waals surface area contributed by atoms with Gasteiger partial charge in [0.05, 0.1) is 23.1 Å².